The average Bonchev–Trinajstić information content (AvgIpc) is 2.46. The molecule has 104 valence electrons. The van der Waals surface area contributed by atoms with Gasteiger partial charge >= 0.3 is 0 Å². The van der Waals surface area contributed by atoms with Crippen LogP contribution >= 0.6 is 23.4 Å². The first kappa shape index (κ1) is 13.7. The van der Waals surface area contributed by atoms with E-state index in [9.17, 15) is 0 Å². The molecule has 0 aromatic heterocycles. The first-order valence-corrected chi connectivity index (χ1v) is 8.04. The third-order valence-corrected chi connectivity index (χ3v) is 4.85. The van der Waals surface area contributed by atoms with E-state index in [0.717, 1.165) is 30.3 Å². The Morgan fingerprint density at radius 2 is 2.32 bits per heavy atom. The summed E-state index contributed by atoms with van der Waals surface area (Å²) in [5, 5.41) is 4.41. The van der Waals surface area contributed by atoms with Crippen LogP contribution in [0.25, 0.3) is 0 Å². The molecule has 1 aromatic carbocycles. The fourth-order valence-corrected chi connectivity index (χ4v) is 3.79. The van der Waals surface area contributed by atoms with Crippen molar-refractivity contribution in [3.63, 3.8) is 0 Å². The zero-order valence-corrected chi connectivity index (χ0v) is 12.3. The van der Waals surface area contributed by atoms with E-state index in [1.54, 1.807) is 0 Å². The van der Waals surface area contributed by atoms with E-state index in [2.05, 4.69) is 17.4 Å². The molecule has 2 unspecified atom stereocenters. The lowest BCUT2D eigenvalue weighted by molar-refractivity contribution is -0.0871. The van der Waals surface area contributed by atoms with Gasteiger partial charge in [0, 0.05) is 22.5 Å². The SMILES string of the molecule is Clc1ccc2c(c1)C(NCC1COCCO1)CCS2. The molecule has 1 saturated heterocycles. The van der Waals surface area contributed by atoms with Crippen molar-refractivity contribution in [2.24, 2.45) is 0 Å². The van der Waals surface area contributed by atoms with Gasteiger partial charge in [0.1, 0.15) is 0 Å². The molecule has 2 aliphatic rings. The highest BCUT2D eigenvalue weighted by molar-refractivity contribution is 7.99. The molecule has 0 bridgehead atoms. The molecule has 2 aliphatic heterocycles. The number of hydrogen-bond acceptors (Lipinski definition) is 4. The van der Waals surface area contributed by atoms with Crippen LogP contribution in [0.2, 0.25) is 5.02 Å². The molecule has 2 atom stereocenters. The summed E-state index contributed by atoms with van der Waals surface area (Å²) in [7, 11) is 0. The van der Waals surface area contributed by atoms with Crippen LogP contribution in [0.5, 0.6) is 0 Å². The highest BCUT2D eigenvalue weighted by atomic mass is 35.5. The smallest absolute Gasteiger partial charge is 0.0933 e. The van der Waals surface area contributed by atoms with Gasteiger partial charge < -0.3 is 14.8 Å². The summed E-state index contributed by atoms with van der Waals surface area (Å²) in [6, 6.07) is 6.55. The van der Waals surface area contributed by atoms with Crippen molar-refractivity contribution in [1.82, 2.24) is 5.32 Å². The maximum atomic E-state index is 6.11. The lowest BCUT2D eigenvalue weighted by atomic mass is 10.0. The molecule has 5 heteroatoms. The van der Waals surface area contributed by atoms with Gasteiger partial charge in [0.25, 0.3) is 0 Å². The second-order valence-electron chi connectivity index (χ2n) is 4.85. The number of ether oxygens (including phenoxy) is 2. The van der Waals surface area contributed by atoms with Crippen LogP contribution in [-0.4, -0.2) is 38.2 Å². The van der Waals surface area contributed by atoms with E-state index < -0.39 is 0 Å². The molecule has 2 heterocycles. The standard InChI is InChI=1S/C14H18ClNO2S/c15-10-1-2-14-12(7-10)13(3-6-19-14)16-8-11-9-17-4-5-18-11/h1-2,7,11,13,16H,3-6,8-9H2. The maximum absolute atomic E-state index is 6.11. The predicted octanol–water partition coefficient (Wildman–Crippen LogP) is 2.88. The van der Waals surface area contributed by atoms with Crippen LogP contribution in [0, 0.1) is 0 Å². The van der Waals surface area contributed by atoms with Gasteiger partial charge in [-0.3, -0.25) is 0 Å². The van der Waals surface area contributed by atoms with Crippen molar-refractivity contribution < 1.29 is 9.47 Å². The van der Waals surface area contributed by atoms with Crippen molar-refractivity contribution in [3.05, 3.63) is 28.8 Å². The van der Waals surface area contributed by atoms with Crippen LogP contribution in [-0.2, 0) is 9.47 Å². The molecule has 0 saturated carbocycles. The summed E-state index contributed by atoms with van der Waals surface area (Å²) in [6.45, 7) is 2.95. The summed E-state index contributed by atoms with van der Waals surface area (Å²) in [5.41, 5.74) is 1.32. The maximum Gasteiger partial charge on any atom is 0.0933 e. The van der Waals surface area contributed by atoms with Gasteiger partial charge in [0.2, 0.25) is 0 Å². The largest absolute Gasteiger partial charge is 0.376 e. The molecule has 1 aromatic rings. The Balaban J connectivity index is 1.64. The van der Waals surface area contributed by atoms with Crippen LogP contribution in [0.15, 0.2) is 23.1 Å². The molecular formula is C14H18ClNO2S. The van der Waals surface area contributed by atoms with Crippen molar-refractivity contribution in [2.75, 3.05) is 32.1 Å². The topological polar surface area (TPSA) is 30.5 Å². The molecule has 1 fully saturated rings. The highest BCUT2D eigenvalue weighted by Crippen LogP contribution is 2.37. The van der Waals surface area contributed by atoms with Crippen LogP contribution in [0.4, 0.5) is 0 Å². The predicted molar refractivity (Wildman–Crippen MR) is 78.1 cm³/mol. The zero-order chi connectivity index (χ0) is 13.1. The lowest BCUT2D eigenvalue weighted by Crippen LogP contribution is -2.39. The Morgan fingerprint density at radius 1 is 1.37 bits per heavy atom. The Labute approximate surface area is 123 Å². The minimum Gasteiger partial charge on any atom is -0.376 e. The Hall–Kier alpha value is -0.260. The van der Waals surface area contributed by atoms with Gasteiger partial charge in [0.15, 0.2) is 0 Å². The molecule has 1 N–H and O–H groups in total. The fraction of sp³-hybridized carbons (Fsp3) is 0.571. The fourth-order valence-electron chi connectivity index (χ4n) is 2.51. The molecule has 0 amide bonds. The summed E-state index contributed by atoms with van der Waals surface area (Å²) < 4.78 is 11.1. The second-order valence-corrected chi connectivity index (χ2v) is 6.42. The molecule has 3 rings (SSSR count). The molecule has 0 radical (unpaired) electrons. The van der Waals surface area contributed by atoms with E-state index in [-0.39, 0.29) is 6.10 Å². The average molecular weight is 300 g/mol. The van der Waals surface area contributed by atoms with E-state index >= 15 is 0 Å². The zero-order valence-electron chi connectivity index (χ0n) is 10.7. The summed E-state index contributed by atoms with van der Waals surface area (Å²) >= 11 is 8.02. The van der Waals surface area contributed by atoms with E-state index in [1.165, 1.54) is 10.5 Å². The Morgan fingerprint density at radius 3 is 3.16 bits per heavy atom. The van der Waals surface area contributed by atoms with E-state index in [1.807, 2.05) is 17.8 Å². The summed E-state index contributed by atoms with van der Waals surface area (Å²) in [6.07, 6.45) is 1.30. The van der Waals surface area contributed by atoms with E-state index in [0.29, 0.717) is 19.3 Å². The minimum atomic E-state index is 0.172. The van der Waals surface area contributed by atoms with Crippen molar-refractivity contribution in [2.45, 2.75) is 23.5 Å². The van der Waals surface area contributed by atoms with Crippen molar-refractivity contribution >= 4 is 23.4 Å². The number of hydrogen-bond donors (Lipinski definition) is 1. The number of halogens is 1. The Kier molecular flexibility index (Phi) is 4.66. The number of rotatable bonds is 3. The van der Waals surface area contributed by atoms with Gasteiger partial charge in [-0.15, -0.1) is 11.8 Å². The Bertz CT molecular complexity index is 437. The van der Waals surface area contributed by atoms with Crippen LogP contribution in [0.3, 0.4) is 0 Å². The van der Waals surface area contributed by atoms with Crippen molar-refractivity contribution in [1.29, 1.82) is 0 Å². The number of benzene rings is 1. The first-order chi connectivity index (χ1) is 9.33. The van der Waals surface area contributed by atoms with Crippen LogP contribution < -0.4 is 5.32 Å². The van der Waals surface area contributed by atoms with Gasteiger partial charge in [-0.2, -0.15) is 0 Å². The third-order valence-electron chi connectivity index (χ3n) is 3.49. The quantitative estimate of drug-likeness (QED) is 0.930. The molecular weight excluding hydrogens is 282 g/mol. The van der Waals surface area contributed by atoms with Gasteiger partial charge in [-0.1, -0.05) is 11.6 Å². The molecule has 0 spiro atoms. The summed E-state index contributed by atoms with van der Waals surface area (Å²) in [5.74, 6) is 1.15. The molecule has 3 nitrogen and oxygen atoms in total. The summed E-state index contributed by atoms with van der Waals surface area (Å²) in [4.78, 5) is 1.34. The normalized spacial score (nSPS) is 27.0. The molecule has 19 heavy (non-hydrogen) atoms. The van der Waals surface area contributed by atoms with Crippen molar-refractivity contribution in [3.8, 4) is 0 Å². The second kappa shape index (κ2) is 6.46. The number of thioether (sulfide) groups is 1. The van der Waals surface area contributed by atoms with Gasteiger partial charge in [-0.05, 0) is 35.9 Å². The van der Waals surface area contributed by atoms with Crippen LogP contribution in [0.1, 0.15) is 18.0 Å². The third kappa shape index (κ3) is 3.44. The first-order valence-electron chi connectivity index (χ1n) is 6.68. The monoisotopic (exact) mass is 299 g/mol. The highest BCUT2D eigenvalue weighted by Gasteiger charge is 2.22. The lowest BCUT2D eigenvalue weighted by Gasteiger charge is -2.29. The van der Waals surface area contributed by atoms with Gasteiger partial charge in [-0.25, -0.2) is 0 Å². The van der Waals surface area contributed by atoms with Gasteiger partial charge in [0.05, 0.1) is 25.9 Å². The minimum absolute atomic E-state index is 0.172. The number of fused-ring (bicyclic) bond motifs is 1. The number of nitrogens with one attached hydrogen (secondary N) is 1. The van der Waals surface area contributed by atoms with E-state index in [4.69, 9.17) is 21.1 Å². The molecule has 0 aliphatic carbocycles.